The van der Waals surface area contributed by atoms with Gasteiger partial charge in [0, 0.05) is 22.6 Å². The van der Waals surface area contributed by atoms with Gasteiger partial charge in [0.15, 0.2) is 0 Å². The fourth-order valence-corrected chi connectivity index (χ4v) is 5.10. The lowest BCUT2D eigenvalue weighted by molar-refractivity contribution is -0.137. The maximum absolute atomic E-state index is 12.6. The molecule has 0 bridgehead atoms. The van der Waals surface area contributed by atoms with E-state index in [9.17, 15) is 9.59 Å². The van der Waals surface area contributed by atoms with Gasteiger partial charge in [-0.3, -0.25) is 9.59 Å². The van der Waals surface area contributed by atoms with Crippen molar-refractivity contribution in [3.8, 4) is 5.75 Å². The van der Waals surface area contributed by atoms with E-state index in [0.717, 1.165) is 24.0 Å². The van der Waals surface area contributed by atoms with Gasteiger partial charge in [-0.05, 0) is 66.8 Å². The Morgan fingerprint density at radius 2 is 1.81 bits per heavy atom. The monoisotopic (exact) mass is 503 g/mol. The van der Waals surface area contributed by atoms with Crippen LogP contribution < -0.4 is 10.1 Å². The number of carboxylic acids is 1. The van der Waals surface area contributed by atoms with Gasteiger partial charge in [0.25, 0.3) is 0 Å². The summed E-state index contributed by atoms with van der Waals surface area (Å²) in [6.45, 7) is 4.53. The van der Waals surface area contributed by atoms with Crippen molar-refractivity contribution < 1.29 is 19.4 Å². The molecule has 5 nitrogen and oxygen atoms in total. The predicted octanol–water partition coefficient (Wildman–Crippen LogP) is 7.52. The van der Waals surface area contributed by atoms with Crippen LogP contribution in [0.15, 0.2) is 83.8 Å². The number of para-hydroxylation sites is 2. The highest BCUT2D eigenvalue weighted by molar-refractivity contribution is 7.99. The summed E-state index contributed by atoms with van der Waals surface area (Å²) in [5, 5.41) is 12.0. The first kappa shape index (κ1) is 27.1. The number of nitrogens with one attached hydrogen (secondary N) is 1. The molecule has 0 spiro atoms. The van der Waals surface area contributed by atoms with Gasteiger partial charge in [-0.15, -0.1) is 11.8 Å². The normalized spacial score (nSPS) is 11.8. The molecule has 1 unspecified atom stereocenters. The number of hydrogen-bond acceptors (Lipinski definition) is 4. The van der Waals surface area contributed by atoms with E-state index in [4.69, 9.17) is 9.84 Å². The van der Waals surface area contributed by atoms with E-state index in [0.29, 0.717) is 23.1 Å². The number of carboxylic acid groups (broad SMARTS) is 1. The first-order valence-electron chi connectivity index (χ1n) is 12.2. The number of hydrogen-bond donors (Lipinski definition) is 2. The molecule has 0 aliphatic carbocycles. The topological polar surface area (TPSA) is 75.6 Å². The molecular weight excluding hydrogens is 470 g/mol. The average Bonchev–Trinajstić information content (AvgIpc) is 2.87. The summed E-state index contributed by atoms with van der Waals surface area (Å²) in [4.78, 5) is 24.5. The van der Waals surface area contributed by atoms with Crippen molar-refractivity contribution in [1.29, 1.82) is 0 Å². The highest BCUT2D eigenvalue weighted by Gasteiger charge is 2.13. The minimum Gasteiger partial charge on any atom is -0.491 e. The second-order valence-corrected chi connectivity index (χ2v) is 9.76. The van der Waals surface area contributed by atoms with Gasteiger partial charge in [-0.25, -0.2) is 0 Å². The van der Waals surface area contributed by atoms with E-state index in [-0.39, 0.29) is 18.9 Å². The van der Waals surface area contributed by atoms with Crippen molar-refractivity contribution in [2.45, 2.75) is 49.7 Å². The first-order chi connectivity index (χ1) is 17.5. The van der Waals surface area contributed by atoms with Crippen LogP contribution in [-0.2, 0) is 9.59 Å². The zero-order chi connectivity index (χ0) is 25.8. The number of amides is 1. The number of carbonyl (C=O) groups excluding carboxylic acids is 1. The molecule has 36 heavy (non-hydrogen) atoms. The first-order valence-corrected chi connectivity index (χ1v) is 13.1. The Kier molecular flexibility index (Phi) is 10.6. The van der Waals surface area contributed by atoms with E-state index in [1.807, 2.05) is 36.0 Å². The summed E-state index contributed by atoms with van der Waals surface area (Å²) in [5.74, 6) is -0.604. The highest BCUT2D eigenvalue weighted by atomic mass is 32.2. The standard InChI is InChI=1S/C30H33NO4S/c1-3-10-28(24-11-5-4-6-12-24)36-25-18-16-23(22(2)21-25)17-19-29(32)31-26-13-7-8-14-27(26)35-20-9-15-30(33)34/h4-8,11-14,16-19,21,28H,3,9-10,15,20H2,1-2H3,(H,31,32)(H,33,34)/b19-17+. The van der Waals surface area contributed by atoms with E-state index in [1.165, 1.54) is 16.5 Å². The Bertz CT molecular complexity index is 1180. The van der Waals surface area contributed by atoms with Crippen LogP contribution in [0, 0.1) is 6.92 Å². The Labute approximate surface area is 217 Å². The highest BCUT2D eigenvalue weighted by Crippen LogP contribution is 2.39. The molecule has 3 aromatic carbocycles. The number of aliphatic carboxylic acids is 1. The van der Waals surface area contributed by atoms with Crippen molar-refractivity contribution in [2.24, 2.45) is 0 Å². The molecule has 0 heterocycles. The molecule has 1 amide bonds. The van der Waals surface area contributed by atoms with Crippen LogP contribution >= 0.6 is 11.8 Å². The van der Waals surface area contributed by atoms with Crippen molar-refractivity contribution in [3.63, 3.8) is 0 Å². The maximum Gasteiger partial charge on any atom is 0.303 e. The Morgan fingerprint density at radius 3 is 2.53 bits per heavy atom. The quantitative estimate of drug-likeness (QED) is 0.143. The molecule has 3 rings (SSSR count). The fraction of sp³-hybridized carbons (Fsp3) is 0.267. The Morgan fingerprint density at radius 1 is 1.06 bits per heavy atom. The molecule has 6 heteroatoms. The molecular formula is C30H33NO4S. The van der Waals surface area contributed by atoms with Gasteiger partial charge in [0.1, 0.15) is 5.75 Å². The van der Waals surface area contributed by atoms with Crippen LogP contribution in [0.4, 0.5) is 5.69 Å². The van der Waals surface area contributed by atoms with Crippen LogP contribution in [0.3, 0.4) is 0 Å². The lowest BCUT2D eigenvalue weighted by atomic mass is 10.1. The molecule has 0 aliphatic heterocycles. The number of thioether (sulfide) groups is 1. The summed E-state index contributed by atoms with van der Waals surface area (Å²) in [6, 6.07) is 24.1. The Hall–Kier alpha value is -3.51. The SMILES string of the molecule is CCCC(Sc1ccc(/C=C/C(=O)Nc2ccccc2OCCCC(=O)O)c(C)c1)c1ccccc1. The smallest absolute Gasteiger partial charge is 0.303 e. The third-order valence-electron chi connectivity index (χ3n) is 5.59. The molecule has 1 atom stereocenters. The molecule has 0 fully saturated rings. The van der Waals surface area contributed by atoms with E-state index in [1.54, 1.807) is 12.1 Å². The van der Waals surface area contributed by atoms with Crippen molar-refractivity contribution in [3.05, 3.63) is 95.6 Å². The predicted molar refractivity (Wildman–Crippen MR) is 148 cm³/mol. The molecule has 0 radical (unpaired) electrons. The van der Waals surface area contributed by atoms with Gasteiger partial charge in [0.2, 0.25) is 5.91 Å². The second-order valence-electron chi connectivity index (χ2n) is 8.49. The lowest BCUT2D eigenvalue weighted by Gasteiger charge is -2.17. The number of ether oxygens (including phenoxy) is 1. The molecule has 2 N–H and O–H groups in total. The summed E-state index contributed by atoms with van der Waals surface area (Å²) in [5.41, 5.74) is 3.98. The number of aryl methyl sites for hydroxylation is 1. The summed E-state index contributed by atoms with van der Waals surface area (Å²) in [7, 11) is 0. The van der Waals surface area contributed by atoms with Gasteiger partial charge in [-0.1, -0.05) is 61.9 Å². The third-order valence-corrected chi connectivity index (χ3v) is 6.91. The van der Waals surface area contributed by atoms with E-state index in [2.05, 4.69) is 61.6 Å². The summed E-state index contributed by atoms with van der Waals surface area (Å²) < 4.78 is 5.66. The van der Waals surface area contributed by atoms with Crippen LogP contribution in [0.1, 0.15) is 54.5 Å². The number of anilines is 1. The molecule has 0 saturated carbocycles. The second kappa shape index (κ2) is 14.1. The fourth-order valence-electron chi connectivity index (χ4n) is 3.74. The van der Waals surface area contributed by atoms with E-state index >= 15 is 0 Å². The van der Waals surface area contributed by atoms with Crippen LogP contribution in [-0.4, -0.2) is 23.6 Å². The largest absolute Gasteiger partial charge is 0.491 e. The minimum absolute atomic E-state index is 0.0411. The molecule has 0 aromatic heterocycles. The van der Waals surface area contributed by atoms with Crippen molar-refractivity contribution in [1.82, 2.24) is 0 Å². The molecule has 0 aliphatic rings. The Balaban J connectivity index is 1.61. The van der Waals surface area contributed by atoms with Gasteiger partial charge >= 0.3 is 5.97 Å². The summed E-state index contributed by atoms with van der Waals surface area (Å²) >= 11 is 1.88. The van der Waals surface area contributed by atoms with Gasteiger partial charge in [0.05, 0.1) is 12.3 Å². The zero-order valence-corrected chi connectivity index (χ0v) is 21.6. The number of carbonyl (C=O) groups is 2. The molecule has 0 saturated heterocycles. The zero-order valence-electron chi connectivity index (χ0n) is 20.8. The van der Waals surface area contributed by atoms with Crippen LogP contribution in [0.5, 0.6) is 5.75 Å². The van der Waals surface area contributed by atoms with Gasteiger partial charge in [-0.2, -0.15) is 0 Å². The molecule has 188 valence electrons. The van der Waals surface area contributed by atoms with Crippen LogP contribution in [0.25, 0.3) is 6.08 Å². The van der Waals surface area contributed by atoms with Crippen LogP contribution in [0.2, 0.25) is 0 Å². The summed E-state index contributed by atoms with van der Waals surface area (Å²) in [6.07, 6.45) is 6.00. The van der Waals surface area contributed by atoms with Crippen molar-refractivity contribution in [2.75, 3.05) is 11.9 Å². The number of benzene rings is 3. The van der Waals surface area contributed by atoms with Gasteiger partial charge < -0.3 is 15.2 Å². The lowest BCUT2D eigenvalue weighted by Crippen LogP contribution is -2.10. The third kappa shape index (κ3) is 8.61. The number of rotatable bonds is 13. The minimum atomic E-state index is -0.857. The molecule has 3 aromatic rings. The average molecular weight is 504 g/mol. The maximum atomic E-state index is 12.6. The van der Waals surface area contributed by atoms with E-state index < -0.39 is 5.97 Å². The van der Waals surface area contributed by atoms with Crippen molar-refractivity contribution >= 4 is 35.4 Å².